The summed E-state index contributed by atoms with van der Waals surface area (Å²) in [6.07, 6.45) is 0. The minimum atomic E-state index is -3.91. The van der Waals surface area contributed by atoms with Crippen LogP contribution in [-0.4, -0.2) is 36.7 Å². The molecule has 1 aromatic heterocycles. The number of phenols is 1. The number of sulfonamides is 1. The SMILES string of the molecule is CC(=O)Nc1nnc(S(=O)(=O)N(C)c2cccc(O)c2)s1. The number of amides is 1. The van der Waals surface area contributed by atoms with Crippen LogP contribution in [0.3, 0.4) is 0 Å². The summed E-state index contributed by atoms with van der Waals surface area (Å²) >= 11 is 0.749. The van der Waals surface area contributed by atoms with Crippen molar-refractivity contribution in [3.05, 3.63) is 24.3 Å². The van der Waals surface area contributed by atoms with Gasteiger partial charge < -0.3 is 10.4 Å². The molecule has 0 saturated heterocycles. The Morgan fingerprint density at radius 3 is 2.71 bits per heavy atom. The van der Waals surface area contributed by atoms with Crippen molar-refractivity contribution >= 4 is 38.1 Å². The van der Waals surface area contributed by atoms with E-state index in [2.05, 4.69) is 15.5 Å². The molecule has 2 N–H and O–H groups in total. The van der Waals surface area contributed by atoms with Crippen LogP contribution in [0.5, 0.6) is 5.75 Å². The van der Waals surface area contributed by atoms with Crippen molar-refractivity contribution in [2.24, 2.45) is 0 Å². The molecule has 0 aliphatic carbocycles. The Bertz CT molecular complexity index is 772. The number of aromatic hydroxyl groups is 1. The first-order chi connectivity index (χ1) is 9.80. The van der Waals surface area contributed by atoms with Crippen LogP contribution in [0.15, 0.2) is 28.6 Å². The zero-order chi connectivity index (χ0) is 15.6. The van der Waals surface area contributed by atoms with Gasteiger partial charge in [0.1, 0.15) is 5.75 Å². The third-order valence-electron chi connectivity index (χ3n) is 2.46. The lowest BCUT2D eigenvalue weighted by atomic mass is 10.3. The maximum atomic E-state index is 12.4. The maximum absolute atomic E-state index is 12.4. The Kier molecular flexibility index (Phi) is 4.09. The summed E-state index contributed by atoms with van der Waals surface area (Å²) in [6.45, 7) is 1.29. The molecule has 1 heterocycles. The van der Waals surface area contributed by atoms with Gasteiger partial charge in [0.15, 0.2) is 0 Å². The fraction of sp³-hybridized carbons (Fsp3) is 0.182. The molecule has 10 heteroatoms. The number of hydrogen-bond acceptors (Lipinski definition) is 7. The van der Waals surface area contributed by atoms with Gasteiger partial charge in [-0.25, -0.2) is 0 Å². The molecule has 0 spiro atoms. The van der Waals surface area contributed by atoms with E-state index < -0.39 is 10.0 Å². The molecule has 0 radical (unpaired) electrons. The van der Waals surface area contributed by atoms with E-state index in [0.717, 1.165) is 15.6 Å². The molecular weight excluding hydrogens is 316 g/mol. The number of carbonyl (C=O) groups is 1. The molecule has 8 nitrogen and oxygen atoms in total. The van der Waals surface area contributed by atoms with Gasteiger partial charge in [0.25, 0.3) is 14.4 Å². The van der Waals surface area contributed by atoms with Crippen molar-refractivity contribution < 1.29 is 18.3 Å². The minimum Gasteiger partial charge on any atom is -0.508 e. The van der Waals surface area contributed by atoms with Gasteiger partial charge in [-0.05, 0) is 12.1 Å². The predicted octanol–water partition coefficient (Wildman–Crippen LogP) is 1.03. The zero-order valence-corrected chi connectivity index (χ0v) is 12.8. The van der Waals surface area contributed by atoms with Crippen LogP contribution in [0, 0.1) is 0 Å². The van der Waals surface area contributed by atoms with Gasteiger partial charge in [-0.2, -0.15) is 8.42 Å². The first-order valence-electron chi connectivity index (χ1n) is 5.70. The predicted molar refractivity (Wildman–Crippen MR) is 77.9 cm³/mol. The summed E-state index contributed by atoms with van der Waals surface area (Å²) in [7, 11) is -2.57. The molecule has 0 aliphatic heterocycles. The number of rotatable bonds is 4. The van der Waals surface area contributed by atoms with Crippen LogP contribution >= 0.6 is 11.3 Å². The number of hydrogen-bond donors (Lipinski definition) is 2. The number of carbonyl (C=O) groups excluding carboxylic acids is 1. The summed E-state index contributed by atoms with van der Waals surface area (Å²) in [6, 6.07) is 5.81. The first kappa shape index (κ1) is 15.2. The quantitative estimate of drug-likeness (QED) is 0.811. The first-order valence-corrected chi connectivity index (χ1v) is 7.95. The van der Waals surface area contributed by atoms with Crippen molar-refractivity contribution in [1.29, 1.82) is 0 Å². The van der Waals surface area contributed by atoms with Gasteiger partial charge in [0.2, 0.25) is 11.0 Å². The van der Waals surface area contributed by atoms with Crippen molar-refractivity contribution in [3.63, 3.8) is 0 Å². The van der Waals surface area contributed by atoms with Crippen molar-refractivity contribution in [1.82, 2.24) is 10.2 Å². The van der Waals surface area contributed by atoms with Crippen molar-refractivity contribution in [3.8, 4) is 5.75 Å². The largest absolute Gasteiger partial charge is 0.508 e. The second-order valence-electron chi connectivity index (χ2n) is 4.05. The van der Waals surface area contributed by atoms with E-state index in [4.69, 9.17) is 0 Å². The second kappa shape index (κ2) is 5.66. The van der Waals surface area contributed by atoms with Gasteiger partial charge in [0.05, 0.1) is 5.69 Å². The number of nitrogens with one attached hydrogen (secondary N) is 1. The monoisotopic (exact) mass is 328 g/mol. The molecule has 0 unspecified atom stereocenters. The number of nitrogens with zero attached hydrogens (tertiary/aromatic N) is 3. The highest BCUT2D eigenvalue weighted by atomic mass is 32.2. The highest BCUT2D eigenvalue weighted by molar-refractivity contribution is 7.94. The lowest BCUT2D eigenvalue weighted by Crippen LogP contribution is -2.26. The van der Waals surface area contributed by atoms with E-state index >= 15 is 0 Å². The average Bonchev–Trinajstić information content (AvgIpc) is 2.86. The molecule has 0 aliphatic rings. The average molecular weight is 328 g/mol. The maximum Gasteiger partial charge on any atom is 0.293 e. The minimum absolute atomic E-state index is 0.0502. The highest BCUT2D eigenvalue weighted by Gasteiger charge is 2.26. The van der Waals surface area contributed by atoms with Crippen LogP contribution in [0.1, 0.15) is 6.92 Å². The smallest absolute Gasteiger partial charge is 0.293 e. The highest BCUT2D eigenvalue weighted by Crippen LogP contribution is 2.27. The van der Waals surface area contributed by atoms with Gasteiger partial charge in [-0.3, -0.25) is 9.10 Å². The summed E-state index contributed by atoms with van der Waals surface area (Å²) < 4.78 is 25.5. The number of benzene rings is 1. The lowest BCUT2D eigenvalue weighted by Gasteiger charge is -2.17. The van der Waals surface area contributed by atoms with E-state index in [1.165, 1.54) is 38.2 Å². The topological polar surface area (TPSA) is 112 Å². The fourth-order valence-corrected chi connectivity index (χ4v) is 3.75. The van der Waals surface area contributed by atoms with Crippen LogP contribution in [0.4, 0.5) is 10.8 Å². The Morgan fingerprint density at radius 1 is 1.38 bits per heavy atom. The van der Waals surface area contributed by atoms with Crippen LogP contribution < -0.4 is 9.62 Å². The van der Waals surface area contributed by atoms with Crippen LogP contribution in [-0.2, 0) is 14.8 Å². The molecule has 2 aromatic rings. The summed E-state index contributed by atoms with van der Waals surface area (Å²) in [4.78, 5) is 10.9. The van der Waals surface area contributed by atoms with E-state index in [0.29, 0.717) is 0 Å². The van der Waals surface area contributed by atoms with Gasteiger partial charge >= 0.3 is 0 Å². The van der Waals surface area contributed by atoms with E-state index in [1.54, 1.807) is 0 Å². The summed E-state index contributed by atoms with van der Waals surface area (Å²) in [5.74, 6) is -0.415. The summed E-state index contributed by atoms with van der Waals surface area (Å²) in [5.41, 5.74) is 0.284. The van der Waals surface area contributed by atoms with Gasteiger partial charge in [-0.15, -0.1) is 10.2 Å². The van der Waals surface area contributed by atoms with Crippen molar-refractivity contribution in [2.45, 2.75) is 11.3 Å². The molecule has 0 atom stereocenters. The normalized spacial score (nSPS) is 11.1. The lowest BCUT2D eigenvalue weighted by molar-refractivity contribution is -0.114. The summed E-state index contributed by atoms with van der Waals surface area (Å²) in [5, 5.41) is 19.0. The number of aromatic nitrogens is 2. The van der Waals surface area contributed by atoms with E-state index in [9.17, 15) is 18.3 Å². The standard InChI is InChI=1S/C11H12N4O4S2/c1-7(16)12-10-13-14-11(20-10)21(18,19)15(2)8-4-3-5-9(17)6-8/h3-6,17H,1-2H3,(H,12,13,16). The molecule has 1 amide bonds. The third-order valence-corrected chi connectivity index (χ3v) is 5.43. The zero-order valence-electron chi connectivity index (χ0n) is 11.1. The molecule has 0 fully saturated rings. The number of anilines is 2. The Hall–Kier alpha value is -2.20. The molecule has 21 heavy (non-hydrogen) atoms. The third kappa shape index (κ3) is 3.28. The molecule has 0 bridgehead atoms. The Morgan fingerprint density at radius 2 is 2.10 bits per heavy atom. The van der Waals surface area contributed by atoms with E-state index in [1.807, 2.05) is 0 Å². The Balaban J connectivity index is 2.33. The van der Waals surface area contributed by atoms with Gasteiger partial charge in [0, 0.05) is 20.0 Å². The Labute approximate surface area is 125 Å². The molecular formula is C11H12N4O4S2. The molecule has 112 valence electrons. The van der Waals surface area contributed by atoms with Crippen LogP contribution in [0.2, 0.25) is 0 Å². The molecule has 0 saturated carbocycles. The van der Waals surface area contributed by atoms with Crippen LogP contribution in [0.25, 0.3) is 0 Å². The molecule has 2 rings (SSSR count). The fourth-order valence-electron chi connectivity index (χ4n) is 1.46. The van der Waals surface area contributed by atoms with E-state index in [-0.39, 0.29) is 26.8 Å². The van der Waals surface area contributed by atoms with Crippen molar-refractivity contribution in [2.75, 3.05) is 16.7 Å². The second-order valence-corrected chi connectivity index (χ2v) is 7.17. The van der Waals surface area contributed by atoms with Gasteiger partial charge in [-0.1, -0.05) is 17.4 Å². The molecule has 1 aromatic carbocycles. The number of phenolic OH excluding ortho intramolecular Hbond substituents is 1.